The van der Waals surface area contributed by atoms with E-state index < -0.39 is 10.8 Å². The first kappa shape index (κ1) is 12.0. The summed E-state index contributed by atoms with van der Waals surface area (Å²) in [7, 11) is -1.22. The number of imidazole rings is 1. The van der Waals surface area contributed by atoms with Crippen molar-refractivity contribution in [1.29, 1.82) is 0 Å². The Morgan fingerprint density at radius 1 is 1.41 bits per heavy atom. The number of nitrogens with one attached hydrogen (secondary N) is 2. The van der Waals surface area contributed by atoms with Crippen LogP contribution in [-0.2, 0) is 10.8 Å². The van der Waals surface area contributed by atoms with Crippen molar-refractivity contribution in [3.8, 4) is 0 Å². The molecule has 17 heavy (non-hydrogen) atoms. The van der Waals surface area contributed by atoms with Crippen LogP contribution in [0.15, 0.2) is 47.9 Å². The highest BCUT2D eigenvalue weighted by Crippen LogP contribution is 2.20. The zero-order chi connectivity index (χ0) is 12.1. The molecule has 1 heterocycles. The first-order valence-electron chi connectivity index (χ1n) is 5.51. The maximum Gasteiger partial charge on any atom is 0.198 e. The number of aromatic nitrogens is 2. The highest BCUT2D eigenvalue weighted by atomic mass is 32.2. The molecule has 2 N–H and O–H groups in total. The van der Waals surface area contributed by atoms with Gasteiger partial charge in [-0.3, -0.25) is 5.32 Å². The van der Waals surface area contributed by atoms with Gasteiger partial charge >= 0.3 is 0 Å². The SMILES string of the molecule is CCNC(c1ccccc1)S(=O)c1ncc[nH]1. The fraction of sp³-hybridized carbons (Fsp3) is 0.250. The lowest BCUT2D eigenvalue weighted by molar-refractivity contribution is 0.632. The predicted octanol–water partition coefficient (Wildman–Crippen LogP) is 1.83. The third-order valence-corrected chi connectivity index (χ3v) is 3.84. The summed E-state index contributed by atoms with van der Waals surface area (Å²) in [6, 6.07) is 9.77. The smallest absolute Gasteiger partial charge is 0.198 e. The summed E-state index contributed by atoms with van der Waals surface area (Å²) in [4.78, 5) is 6.94. The van der Waals surface area contributed by atoms with Crippen molar-refractivity contribution in [2.75, 3.05) is 6.54 Å². The Labute approximate surface area is 103 Å². The molecule has 4 nitrogen and oxygen atoms in total. The summed E-state index contributed by atoms with van der Waals surface area (Å²) >= 11 is 0. The molecule has 0 bridgehead atoms. The summed E-state index contributed by atoms with van der Waals surface area (Å²) in [5.74, 6) is 0. The molecule has 0 aliphatic carbocycles. The normalized spacial score (nSPS) is 14.4. The third-order valence-electron chi connectivity index (χ3n) is 2.37. The Hall–Kier alpha value is -1.46. The van der Waals surface area contributed by atoms with E-state index in [0.29, 0.717) is 5.16 Å². The van der Waals surface area contributed by atoms with E-state index in [2.05, 4.69) is 15.3 Å². The largest absolute Gasteiger partial charge is 0.338 e. The van der Waals surface area contributed by atoms with E-state index in [9.17, 15) is 4.21 Å². The van der Waals surface area contributed by atoms with Gasteiger partial charge in [0.2, 0.25) is 0 Å². The zero-order valence-corrected chi connectivity index (χ0v) is 10.4. The third kappa shape index (κ3) is 2.81. The molecule has 1 aromatic heterocycles. The predicted molar refractivity (Wildman–Crippen MR) is 67.9 cm³/mol. The zero-order valence-electron chi connectivity index (χ0n) is 9.59. The lowest BCUT2D eigenvalue weighted by Crippen LogP contribution is -2.25. The standard InChI is InChI=1S/C12H15N3OS/c1-2-13-11(10-6-4-3-5-7-10)17(16)12-14-8-9-15-12/h3-9,11,13H,2H2,1H3,(H,14,15). The minimum absolute atomic E-state index is 0.229. The molecule has 2 atom stereocenters. The van der Waals surface area contributed by atoms with E-state index in [1.165, 1.54) is 0 Å². The lowest BCUT2D eigenvalue weighted by atomic mass is 10.2. The Balaban J connectivity index is 2.27. The fourth-order valence-corrected chi connectivity index (χ4v) is 2.90. The van der Waals surface area contributed by atoms with Gasteiger partial charge in [-0.15, -0.1) is 0 Å². The Kier molecular flexibility index (Phi) is 4.06. The van der Waals surface area contributed by atoms with E-state index in [-0.39, 0.29) is 5.37 Å². The molecule has 0 radical (unpaired) electrons. The molecule has 0 aliphatic heterocycles. The van der Waals surface area contributed by atoms with Crippen LogP contribution in [0.25, 0.3) is 0 Å². The number of hydrogen-bond acceptors (Lipinski definition) is 3. The molecule has 2 unspecified atom stereocenters. The first-order chi connectivity index (χ1) is 8.33. The molecule has 0 saturated carbocycles. The van der Waals surface area contributed by atoms with Crippen LogP contribution in [0.1, 0.15) is 17.9 Å². The maximum absolute atomic E-state index is 12.4. The topological polar surface area (TPSA) is 57.8 Å². The van der Waals surface area contributed by atoms with E-state index in [0.717, 1.165) is 12.1 Å². The van der Waals surface area contributed by atoms with Gasteiger partial charge in [-0.2, -0.15) is 0 Å². The number of aromatic amines is 1. The second-order valence-corrected chi connectivity index (χ2v) is 4.99. The van der Waals surface area contributed by atoms with Crippen molar-refractivity contribution in [1.82, 2.24) is 15.3 Å². The minimum Gasteiger partial charge on any atom is -0.338 e. The van der Waals surface area contributed by atoms with Crippen molar-refractivity contribution in [2.45, 2.75) is 17.5 Å². The van der Waals surface area contributed by atoms with Gasteiger partial charge in [-0.1, -0.05) is 37.3 Å². The van der Waals surface area contributed by atoms with Gasteiger partial charge in [-0.25, -0.2) is 9.19 Å². The Bertz CT molecular complexity index is 470. The molecule has 0 fully saturated rings. The first-order valence-corrected chi connectivity index (χ1v) is 6.72. The maximum atomic E-state index is 12.4. The van der Waals surface area contributed by atoms with Crippen molar-refractivity contribution >= 4 is 10.8 Å². The summed E-state index contributed by atoms with van der Waals surface area (Å²) in [5.41, 5.74) is 1.00. The minimum atomic E-state index is -1.22. The van der Waals surface area contributed by atoms with Gasteiger partial charge < -0.3 is 4.98 Å². The Morgan fingerprint density at radius 2 is 2.18 bits per heavy atom. The average Bonchev–Trinajstić information content (AvgIpc) is 2.90. The molecule has 1 aromatic carbocycles. The van der Waals surface area contributed by atoms with E-state index in [1.807, 2.05) is 37.3 Å². The van der Waals surface area contributed by atoms with E-state index >= 15 is 0 Å². The molecule has 0 amide bonds. The van der Waals surface area contributed by atoms with Gasteiger partial charge in [0.1, 0.15) is 16.2 Å². The molecular formula is C12H15N3OS. The van der Waals surface area contributed by atoms with Gasteiger partial charge in [0, 0.05) is 12.4 Å². The van der Waals surface area contributed by atoms with Crippen LogP contribution in [0.3, 0.4) is 0 Å². The molecule has 2 aromatic rings. The second-order valence-electron chi connectivity index (χ2n) is 3.54. The molecule has 2 rings (SSSR count). The molecule has 0 aliphatic rings. The summed E-state index contributed by atoms with van der Waals surface area (Å²) in [5, 5.41) is 3.50. The van der Waals surface area contributed by atoms with Crippen LogP contribution in [0.5, 0.6) is 0 Å². The van der Waals surface area contributed by atoms with Crippen LogP contribution in [0.2, 0.25) is 0 Å². The van der Waals surface area contributed by atoms with E-state index in [1.54, 1.807) is 12.4 Å². The highest BCUT2D eigenvalue weighted by Gasteiger charge is 2.20. The molecule has 5 heteroatoms. The second kappa shape index (κ2) is 5.75. The fourth-order valence-electron chi connectivity index (χ4n) is 1.60. The number of hydrogen-bond donors (Lipinski definition) is 2. The van der Waals surface area contributed by atoms with Crippen molar-refractivity contribution in [3.63, 3.8) is 0 Å². The molecular weight excluding hydrogens is 234 g/mol. The van der Waals surface area contributed by atoms with Crippen molar-refractivity contribution in [2.24, 2.45) is 0 Å². The molecule has 90 valence electrons. The quantitative estimate of drug-likeness (QED) is 0.850. The average molecular weight is 249 g/mol. The molecule has 0 spiro atoms. The van der Waals surface area contributed by atoms with Crippen LogP contribution >= 0.6 is 0 Å². The molecule has 0 saturated heterocycles. The number of rotatable bonds is 5. The lowest BCUT2D eigenvalue weighted by Gasteiger charge is -2.16. The summed E-state index contributed by atoms with van der Waals surface area (Å²) in [6.45, 7) is 2.75. The van der Waals surface area contributed by atoms with Crippen LogP contribution < -0.4 is 5.32 Å². The van der Waals surface area contributed by atoms with Crippen LogP contribution in [-0.4, -0.2) is 20.7 Å². The number of benzene rings is 1. The van der Waals surface area contributed by atoms with Gasteiger partial charge in [0.05, 0.1) is 0 Å². The van der Waals surface area contributed by atoms with Crippen molar-refractivity contribution in [3.05, 3.63) is 48.3 Å². The monoisotopic (exact) mass is 249 g/mol. The summed E-state index contributed by atoms with van der Waals surface area (Å²) < 4.78 is 12.4. The van der Waals surface area contributed by atoms with Crippen molar-refractivity contribution < 1.29 is 4.21 Å². The highest BCUT2D eigenvalue weighted by molar-refractivity contribution is 7.85. The number of nitrogens with zero attached hydrogens (tertiary/aromatic N) is 1. The van der Waals surface area contributed by atoms with Gasteiger partial charge in [0.15, 0.2) is 5.16 Å². The van der Waals surface area contributed by atoms with E-state index in [4.69, 9.17) is 0 Å². The van der Waals surface area contributed by atoms with Crippen LogP contribution in [0, 0.1) is 0 Å². The Morgan fingerprint density at radius 3 is 2.76 bits per heavy atom. The van der Waals surface area contributed by atoms with Gasteiger partial charge in [0.25, 0.3) is 0 Å². The summed E-state index contributed by atoms with van der Waals surface area (Å²) in [6.07, 6.45) is 3.29. The van der Waals surface area contributed by atoms with Gasteiger partial charge in [-0.05, 0) is 12.1 Å². The van der Waals surface area contributed by atoms with Crippen LogP contribution in [0.4, 0.5) is 0 Å². The number of H-pyrrole nitrogens is 1.